The van der Waals surface area contributed by atoms with E-state index in [4.69, 9.17) is 10.00 Å². The van der Waals surface area contributed by atoms with Crippen molar-refractivity contribution in [3.8, 4) is 6.07 Å². The molecule has 0 aromatic carbocycles. The van der Waals surface area contributed by atoms with Crippen molar-refractivity contribution >= 4 is 0 Å². The van der Waals surface area contributed by atoms with Gasteiger partial charge in [-0.25, -0.2) is 0 Å². The van der Waals surface area contributed by atoms with Crippen molar-refractivity contribution in [2.24, 2.45) is 11.3 Å². The number of hydrogen-bond acceptors (Lipinski definition) is 3. The smallest absolute Gasteiger partial charge is 0.363 e. The van der Waals surface area contributed by atoms with Gasteiger partial charge in [-0.05, 0) is 43.9 Å². The largest absolute Gasteiger partial charge is 0.419 e. The predicted molar refractivity (Wildman–Crippen MR) is 81.7 cm³/mol. The molecule has 0 unspecified atom stereocenters. The summed E-state index contributed by atoms with van der Waals surface area (Å²) in [5, 5.41) is 9.08. The molecule has 23 heavy (non-hydrogen) atoms. The Kier molecular flexibility index (Phi) is 5.32. The molecule has 1 saturated carbocycles. The fourth-order valence-corrected chi connectivity index (χ4v) is 4.16. The summed E-state index contributed by atoms with van der Waals surface area (Å²) in [7, 11) is 0. The molecule has 0 bridgehead atoms. The number of ether oxygens (including phenoxy) is 1. The second kappa shape index (κ2) is 6.60. The number of likely N-dealkylation sites (tertiary alicyclic amines) is 1. The minimum Gasteiger partial charge on any atom is -0.363 e. The van der Waals surface area contributed by atoms with E-state index >= 15 is 0 Å². The van der Waals surface area contributed by atoms with Crippen molar-refractivity contribution in [2.45, 2.75) is 70.7 Å². The lowest BCUT2D eigenvalue weighted by Gasteiger charge is -2.55. The van der Waals surface area contributed by atoms with Crippen molar-refractivity contribution in [1.82, 2.24) is 4.90 Å². The van der Waals surface area contributed by atoms with Crippen LogP contribution in [0.1, 0.15) is 52.9 Å². The molecule has 2 fully saturated rings. The Morgan fingerprint density at radius 2 is 1.83 bits per heavy atom. The molecule has 1 saturated heterocycles. The van der Waals surface area contributed by atoms with E-state index in [1.54, 1.807) is 6.92 Å². The highest BCUT2D eigenvalue weighted by molar-refractivity contribution is 5.06. The van der Waals surface area contributed by atoms with E-state index in [-0.39, 0.29) is 31.2 Å². The van der Waals surface area contributed by atoms with E-state index < -0.39 is 11.8 Å². The Balaban J connectivity index is 1.94. The lowest BCUT2D eigenvalue weighted by molar-refractivity contribution is -0.322. The zero-order chi connectivity index (χ0) is 17.3. The molecule has 1 aliphatic heterocycles. The third kappa shape index (κ3) is 3.36. The molecule has 0 aromatic rings. The summed E-state index contributed by atoms with van der Waals surface area (Å²) in [4.78, 5) is 1.92. The van der Waals surface area contributed by atoms with Gasteiger partial charge in [-0.2, -0.15) is 18.4 Å². The molecular weight excluding hydrogens is 305 g/mol. The van der Waals surface area contributed by atoms with E-state index in [1.165, 1.54) is 0 Å². The molecule has 1 heterocycles. The molecule has 0 radical (unpaired) electrons. The topological polar surface area (TPSA) is 36.3 Å². The van der Waals surface area contributed by atoms with E-state index in [0.29, 0.717) is 12.3 Å². The van der Waals surface area contributed by atoms with E-state index in [2.05, 4.69) is 19.9 Å². The second-order valence-electron chi connectivity index (χ2n) is 7.41. The summed E-state index contributed by atoms with van der Waals surface area (Å²) in [5.41, 5.74) is -1.93. The Labute approximate surface area is 136 Å². The van der Waals surface area contributed by atoms with Crippen molar-refractivity contribution in [3.05, 3.63) is 0 Å². The molecule has 2 rings (SSSR count). The Morgan fingerprint density at radius 3 is 2.22 bits per heavy atom. The normalized spacial score (nSPS) is 31.7. The molecule has 0 atom stereocenters. The summed E-state index contributed by atoms with van der Waals surface area (Å²) in [5.74, 6) is 0.428. The van der Waals surface area contributed by atoms with Crippen LogP contribution in [0.25, 0.3) is 0 Å². The van der Waals surface area contributed by atoms with Crippen molar-refractivity contribution < 1.29 is 17.9 Å². The molecule has 0 amide bonds. The second-order valence-corrected chi connectivity index (χ2v) is 7.41. The van der Waals surface area contributed by atoms with Gasteiger partial charge in [0, 0.05) is 32.2 Å². The van der Waals surface area contributed by atoms with Gasteiger partial charge in [0.1, 0.15) is 0 Å². The first-order chi connectivity index (χ1) is 10.7. The van der Waals surface area contributed by atoms with Crippen molar-refractivity contribution in [2.75, 3.05) is 19.7 Å². The standard InChI is InChI=1S/C17H27F3N2O/c1-4-23-16(17(18,19)20)11-22(12-16)14-5-7-15(8-6-14,9-10-21)13(2)3/h13-14H,4-9,11-12H2,1-3H3/t14-,15-. The summed E-state index contributed by atoms with van der Waals surface area (Å²) < 4.78 is 44.7. The number of alkyl halides is 3. The van der Waals surface area contributed by atoms with Crippen LogP contribution in [0.15, 0.2) is 0 Å². The monoisotopic (exact) mass is 332 g/mol. The van der Waals surface area contributed by atoms with Crippen LogP contribution in [0, 0.1) is 22.7 Å². The first-order valence-corrected chi connectivity index (χ1v) is 8.51. The molecule has 3 nitrogen and oxygen atoms in total. The Bertz CT molecular complexity index is 442. The van der Waals surface area contributed by atoms with Gasteiger partial charge in [0.15, 0.2) is 5.60 Å². The zero-order valence-corrected chi connectivity index (χ0v) is 14.2. The van der Waals surface area contributed by atoms with Gasteiger partial charge >= 0.3 is 6.18 Å². The summed E-state index contributed by atoms with van der Waals surface area (Å²) in [6, 6.07) is 2.49. The SMILES string of the molecule is CCOC1(C(F)(F)F)CN([C@H]2CC[C@](CC#N)(C(C)C)CC2)C1. The third-order valence-corrected chi connectivity index (χ3v) is 5.98. The quantitative estimate of drug-likeness (QED) is 0.759. The number of hydrogen-bond donors (Lipinski definition) is 0. The first kappa shape index (κ1) is 18.5. The highest BCUT2D eigenvalue weighted by Crippen LogP contribution is 2.49. The van der Waals surface area contributed by atoms with Gasteiger partial charge in [0.2, 0.25) is 0 Å². The predicted octanol–water partition coefficient (Wildman–Crippen LogP) is 4.14. The highest BCUT2D eigenvalue weighted by Gasteiger charge is 2.64. The molecule has 0 N–H and O–H groups in total. The third-order valence-electron chi connectivity index (χ3n) is 5.98. The number of nitriles is 1. The maximum absolute atomic E-state index is 13.2. The van der Waals surface area contributed by atoms with Gasteiger partial charge in [0.25, 0.3) is 0 Å². The van der Waals surface area contributed by atoms with Gasteiger partial charge in [0.05, 0.1) is 6.07 Å². The average molecular weight is 332 g/mol. The molecule has 0 spiro atoms. The summed E-state index contributed by atoms with van der Waals surface area (Å²) in [6.07, 6.45) is -0.167. The van der Waals surface area contributed by atoms with Crippen LogP contribution in [-0.4, -0.2) is 42.4 Å². The molecule has 2 aliphatic rings. The Morgan fingerprint density at radius 1 is 1.26 bits per heavy atom. The van der Waals surface area contributed by atoms with Crippen molar-refractivity contribution in [3.63, 3.8) is 0 Å². The zero-order valence-electron chi connectivity index (χ0n) is 14.2. The molecule has 132 valence electrons. The minimum atomic E-state index is -4.31. The van der Waals surface area contributed by atoms with Crippen LogP contribution in [0.5, 0.6) is 0 Å². The van der Waals surface area contributed by atoms with Crippen LogP contribution >= 0.6 is 0 Å². The fourth-order valence-electron chi connectivity index (χ4n) is 4.16. The molecule has 6 heteroatoms. The van der Waals surface area contributed by atoms with Crippen LogP contribution in [0.2, 0.25) is 0 Å². The molecule has 1 aliphatic carbocycles. The fraction of sp³-hybridized carbons (Fsp3) is 0.941. The maximum atomic E-state index is 13.2. The van der Waals surface area contributed by atoms with Gasteiger partial charge in [-0.3, -0.25) is 4.90 Å². The summed E-state index contributed by atoms with van der Waals surface area (Å²) >= 11 is 0. The lowest BCUT2D eigenvalue weighted by Crippen LogP contribution is -2.72. The van der Waals surface area contributed by atoms with Crippen LogP contribution < -0.4 is 0 Å². The number of nitrogens with zero attached hydrogens (tertiary/aromatic N) is 2. The number of rotatable bonds is 5. The molecule has 0 aromatic heterocycles. The van der Waals surface area contributed by atoms with E-state index in [1.807, 2.05) is 4.90 Å². The first-order valence-electron chi connectivity index (χ1n) is 8.51. The van der Waals surface area contributed by atoms with Crippen LogP contribution in [0.4, 0.5) is 13.2 Å². The molecular formula is C17H27F3N2O. The van der Waals surface area contributed by atoms with Gasteiger partial charge < -0.3 is 4.74 Å². The van der Waals surface area contributed by atoms with Gasteiger partial charge in [-0.1, -0.05) is 13.8 Å². The average Bonchev–Trinajstić information content (AvgIpc) is 2.42. The van der Waals surface area contributed by atoms with E-state index in [9.17, 15) is 13.2 Å². The van der Waals surface area contributed by atoms with Gasteiger partial charge in [-0.15, -0.1) is 0 Å². The minimum absolute atomic E-state index is 0.0388. The number of halogens is 3. The maximum Gasteiger partial charge on any atom is 0.419 e. The van der Waals surface area contributed by atoms with Crippen LogP contribution in [-0.2, 0) is 4.74 Å². The van der Waals surface area contributed by atoms with Crippen molar-refractivity contribution in [1.29, 1.82) is 5.26 Å². The highest BCUT2D eigenvalue weighted by atomic mass is 19.4. The lowest BCUT2D eigenvalue weighted by atomic mass is 9.64. The summed E-state index contributed by atoms with van der Waals surface area (Å²) in [6.45, 7) is 5.87. The van der Waals surface area contributed by atoms with E-state index in [0.717, 1.165) is 25.7 Å². The van der Waals surface area contributed by atoms with Crippen LogP contribution in [0.3, 0.4) is 0 Å². The Hall–Kier alpha value is -0.800.